The molecule has 66 valence electrons. The average molecular weight is 167 g/mol. The topological polar surface area (TPSA) is 49.3 Å². The van der Waals surface area contributed by atoms with Crippen molar-refractivity contribution in [3.8, 4) is 0 Å². The molecule has 1 heterocycles. The largest absolute Gasteiger partial charge is 0.393 e. The van der Waals surface area contributed by atoms with Gasteiger partial charge in [-0.2, -0.15) is 0 Å². The van der Waals surface area contributed by atoms with Crippen molar-refractivity contribution in [1.29, 1.82) is 0 Å². The number of amides is 1. The number of carbonyl (C=O) groups is 1. The molecule has 3 atom stereocenters. The summed E-state index contributed by atoms with van der Waals surface area (Å²) in [5.41, 5.74) is 1.07. The monoisotopic (exact) mass is 167 g/mol. The summed E-state index contributed by atoms with van der Waals surface area (Å²) >= 11 is 0. The first-order valence-electron chi connectivity index (χ1n) is 4.32. The van der Waals surface area contributed by atoms with Gasteiger partial charge in [0.05, 0.1) is 6.10 Å². The van der Waals surface area contributed by atoms with Crippen molar-refractivity contribution in [3.05, 3.63) is 12.2 Å². The fraction of sp³-hybridized carbons (Fsp3) is 0.667. The normalized spacial score (nSPS) is 40.9. The van der Waals surface area contributed by atoms with Gasteiger partial charge in [0.2, 0.25) is 5.91 Å². The first-order chi connectivity index (χ1) is 5.68. The molecule has 1 saturated carbocycles. The van der Waals surface area contributed by atoms with Crippen LogP contribution in [0.1, 0.15) is 12.8 Å². The number of carbonyl (C=O) groups excluding carboxylic acids is 1. The Kier molecular flexibility index (Phi) is 1.68. The van der Waals surface area contributed by atoms with E-state index in [1.165, 1.54) is 0 Å². The summed E-state index contributed by atoms with van der Waals surface area (Å²) in [6, 6.07) is 0. The van der Waals surface area contributed by atoms with E-state index in [1.807, 2.05) is 0 Å². The second-order valence-corrected chi connectivity index (χ2v) is 3.71. The van der Waals surface area contributed by atoms with Crippen LogP contribution in [-0.4, -0.2) is 23.7 Å². The molecule has 0 unspecified atom stereocenters. The zero-order valence-corrected chi connectivity index (χ0v) is 6.92. The van der Waals surface area contributed by atoms with Gasteiger partial charge in [0.15, 0.2) is 0 Å². The van der Waals surface area contributed by atoms with Crippen molar-refractivity contribution >= 4 is 5.91 Å². The molecule has 2 N–H and O–H groups in total. The quantitative estimate of drug-likeness (QED) is 0.501. The SMILES string of the molecule is C=C1CNC(=O)[C@H]2C[C@@H](O)C[C@@H]12. The highest BCUT2D eigenvalue weighted by Gasteiger charge is 2.41. The molecular formula is C9H13NO2. The van der Waals surface area contributed by atoms with E-state index >= 15 is 0 Å². The number of fused-ring (bicyclic) bond motifs is 1. The van der Waals surface area contributed by atoms with Crippen LogP contribution in [0.3, 0.4) is 0 Å². The predicted molar refractivity (Wildman–Crippen MR) is 44.4 cm³/mol. The summed E-state index contributed by atoms with van der Waals surface area (Å²) in [6.45, 7) is 4.49. The molecule has 0 bridgehead atoms. The van der Waals surface area contributed by atoms with Crippen LogP contribution in [0.25, 0.3) is 0 Å². The minimum atomic E-state index is -0.305. The maximum Gasteiger partial charge on any atom is 0.224 e. The molecule has 3 nitrogen and oxygen atoms in total. The second-order valence-electron chi connectivity index (χ2n) is 3.71. The van der Waals surface area contributed by atoms with Crippen LogP contribution >= 0.6 is 0 Å². The number of aliphatic hydroxyl groups excluding tert-OH is 1. The van der Waals surface area contributed by atoms with Gasteiger partial charge in [0, 0.05) is 12.5 Å². The summed E-state index contributed by atoms with van der Waals surface area (Å²) in [6.07, 6.45) is 1.02. The van der Waals surface area contributed by atoms with Gasteiger partial charge in [0.25, 0.3) is 0 Å². The van der Waals surface area contributed by atoms with Gasteiger partial charge >= 0.3 is 0 Å². The van der Waals surface area contributed by atoms with Crippen LogP contribution in [0.5, 0.6) is 0 Å². The van der Waals surface area contributed by atoms with Crippen molar-refractivity contribution in [2.45, 2.75) is 18.9 Å². The third-order valence-electron chi connectivity index (χ3n) is 2.89. The summed E-state index contributed by atoms with van der Waals surface area (Å²) in [7, 11) is 0. The fourth-order valence-corrected chi connectivity index (χ4v) is 2.21. The summed E-state index contributed by atoms with van der Waals surface area (Å²) < 4.78 is 0. The molecular weight excluding hydrogens is 154 g/mol. The van der Waals surface area contributed by atoms with Crippen molar-refractivity contribution in [1.82, 2.24) is 5.32 Å². The molecule has 1 aliphatic carbocycles. The fourth-order valence-electron chi connectivity index (χ4n) is 2.21. The van der Waals surface area contributed by atoms with Crippen LogP contribution in [0, 0.1) is 11.8 Å². The predicted octanol–water partition coefficient (Wildman–Crippen LogP) is 0.0595. The van der Waals surface area contributed by atoms with Gasteiger partial charge in [-0.3, -0.25) is 4.79 Å². The second kappa shape index (κ2) is 2.59. The first kappa shape index (κ1) is 7.80. The number of nitrogens with one attached hydrogen (secondary N) is 1. The van der Waals surface area contributed by atoms with E-state index in [1.54, 1.807) is 0 Å². The maximum absolute atomic E-state index is 11.3. The van der Waals surface area contributed by atoms with E-state index < -0.39 is 0 Å². The zero-order chi connectivity index (χ0) is 8.72. The lowest BCUT2D eigenvalue weighted by Crippen LogP contribution is -2.41. The standard InChI is InChI=1S/C9H13NO2/c1-5-4-10-9(12)8-3-6(11)2-7(5)8/h6-8,11H,1-4H2,(H,10,12)/t6-,7-,8-/m0/s1. The molecule has 1 aliphatic heterocycles. The van der Waals surface area contributed by atoms with Crippen LogP contribution in [0.2, 0.25) is 0 Å². The van der Waals surface area contributed by atoms with Crippen LogP contribution in [0.15, 0.2) is 12.2 Å². The van der Waals surface area contributed by atoms with Crippen LogP contribution in [-0.2, 0) is 4.79 Å². The Balaban J connectivity index is 2.20. The van der Waals surface area contributed by atoms with E-state index in [0.29, 0.717) is 13.0 Å². The Bertz CT molecular complexity index is 213. The molecule has 1 saturated heterocycles. The van der Waals surface area contributed by atoms with E-state index in [-0.39, 0.29) is 23.8 Å². The number of aliphatic hydroxyl groups is 1. The highest BCUT2D eigenvalue weighted by atomic mass is 16.3. The first-order valence-corrected chi connectivity index (χ1v) is 4.32. The van der Waals surface area contributed by atoms with Crippen molar-refractivity contribution in [2.24, 2.45) is 11.8 Å². The molecule has 0 radical (unpaired) electrons. The molecule has 2 aliphatic rings. The minimum Gasteiger partial charge on any atom is -0.393 e. The van der Waals surface area contributed by atoms with Gasteiger partial charge in [-0.25, -0.2) is 0 Å². The molecule has 0 aromatic carbocycles. The average Bonchev–Trinajstić information content (AvgIpc) is 2.41. The van der Waals surface area contributed by atoms with Gasteiger partial charge in [0.1, 0.15) is 0 Å². The molecule has 12 heavy (non-hydrogen) atoms. The van der Waals surface area contributed by atoms with Gasteiger partial charge < -0.3 is 10.4 Å². The Morgan fingerprint density at radius 3 is 2.75 bits per heavy atom. The lowest BCUT2D eigenvalue weighted by atomic mass is 9.86. The highest BCUT2D eigenvalue weighted by molar-refractivity contribution is 5.81. The number of hydrogen-bond acceptors (Lipinski definition) is 2. The molecule has 0 aromatic rings. The van der Waals surface area contributed by atoms with E-state index in [2.05, 4.69) is 11.9 Å². The number of piperidine rings is 1. The van der Waals surface area contributed by atoms with Crippen molar-refractivity contribution in [2.75, 3.05) is 6.54 Å². The smallest absolute Gasteiger partial charge is 0.224 e. The Hall–Kier alpha value is -0.830. The highest BCUT2D eigenvalue weighted by Crippen LogP contribution is 2.38. The van der Waals surface area contributed by atoms with Crippen LogP contribution < -0.4 is 5.32 Å². The zero-order valence-electron chi connectivity index (χ0n) is 6.92. The molecule has 0 aromatic heterocycles. The van der Waals surface area contributed by atoms with Crippen molar-refractivity contribution < 1.29 is 9.90 Å². The Labute approximate surface area is 71.5 Å². The summed E-state index contributed by atoms with van der Waals surface area (Å²) in [5.74, 6) is 0.305. The Morgan fingerprint density at radius 2 is 2.08 bits per heavy atom. The molecule has 0 spiro atoms. The Morgan fingerprint density at radius 1 is 1.42 bits per heavy atom. The van der Waals surface area contributed by atoms with Crippen LogP contribution in [0.4, 0.5) is 0 Å². The van der Waals surface area contributed by atoms with E-state index in [4.69, 9.17) is 0 Å². The minimum absolute atomic E-state index is 0.0127. The van der Waals surface area contributed by atoms with Gasteiger partial charge in [-0.15, -0.1) is 0 Å². The summed E-state index contributed by atoms with van der Waals surface area (Å²) in [5, 5.41) is 12.1. The maximum atomic E-state index is 11.3. The summed E-state index contributed by atoms with van der Waals surface area (Å²) in [4.78, 5) is 11.3. The third-order valence-corrected chi connectivity index (χ3v) is 2.89. The van der Waals surface area contributed by atoms with E-state index in [9.17, 15) is 9.90 Å². The lowest BCUT2D eigenvalue weighted by molar-refractivity contribution is -0.126. The van der Waals surface area contributed by atoms with Gasteiger partial charge in [-0.05, 0) is 18.8 Å². The molecule has 1 amide bonds. The van der Waals surface area contributed by atoms with Gasteiger partial charge in [-0.1, -0.05) is 12.2 Å². The molecule has 3 heteroatoms. The molecule has 2 rings (SSSR count). The van der Waals surface area contributed by atoms with Crippen molar-refractivity contribution in [3.63, 3.8) is 0 Å². The number of rotatable bonds is 0. The molecule has 2 fully saturated rings. The third kappa shape index (κ3) is 1.05. The lowest BCUT2D eigenvalue weighted by Gasteiger charge is -2.26. The van der Waals surface area contributed by atoms with E-state index in [0.717, 1.165) is 12.0 Å². The number of hydrogen-bond donors (Lipinski definition) is 2.